The van der Waals surface area contributed by atoms with Crippen molar-refractivity contribution in [2.24, 2.45) is 0 Å². The molecule has 0 aromatic heterocycles. The lowest BCUT2D eigenvalue weighted by Crippen LogP contribution is -1.98. The van der Waals surface area contributed by atoms with Crippen molar-refractivity contribution >= 4 is 11.4 Å². The van der Waals surface area contributed by atoms with Gasteiger partial charge in [-0.3, -0.25) is 0 Å². The van der Waals surface area contributed by atoms with Crippen molar-refractivity contribution in [3.8, 4) is 0 Å². The van der Waals surface area contributed by atoms with E-state index in [1.165, 1.54) is 134 Å². The predicted molar refractivity (Wildman–Crippen MR) is 202 cm³/mol. The molecule has 4 N–H and O–H groups in total. The molecule has 0 fully saturated rings. The van der Waals surface area contributed by atoms with E-state index >= 15 is 0 Å². The number of aryl methyl sites for hydroxylation is 4. The van der Waals surface area contributed by atoms with Crippen LogP contribution < -0.4 is 11.5 Å². The second-order valence-corrected chi connectivity index (χ2v) is 13.6. The maximum absolute atomic E-state index is 6.27. The van der Waals surface area contributed by atoms with E-state index in [9.17, 15) is 0 Å². The van der Waals surface area contributed by atoms with Gasteiger partial charge in [0.2, 0.25) is 0 Å². The summed E-state index contributed by atoms with van der Waals surface area (Å²) in [6.07, 6.45) is 21.8. The molecule has 46 heavy (non-hydrogen) atoms. The Hall–Kier alpha value is -3.52. The van der Waals surface area contributed by atoms with Crippen LogP contribution in [0.5, 0.6) is 0 Å². The first-order valence-corrected chi connectivity index (χ1v) is 18.4. The second kappa shape index (κ2) is 19.9. The maximum Gasteiger partial charge on any atom is 0.0346 e. The third-order valence-electron chi connectivity index (χ3n) is 9.56. The zero-order valence-electron chi connectivity index (χ0n) is 29.0. The first-order valence-electron chi connectivity index (χ1n) is 18.4. The summed E-state index contributed by atoms with van der Waals surface area (Å²) in [7, 11) is 0. The molecule has 0 aliphatic heterocycles. The fourth-order valence-corrected chi connectivity index (χ4v) is 6.59. The van der Waals surface area contributed by atoms with Crippen LogP contribution in [-0.4, -0.2) is 0 Å². The monoisotopic (exact) mass is 616 g/mol. The van der Waals surface area contributed by atoms with Crippen molar-refractivity contribution in [1.29, 1.82) is 0 Å². The highest BCUT2D eigenvalue weighted by Crippen LogP contribution is 2.22. The van der Waals surface area contributed by atoms with Crippen molar-refractivity contribution in [3.05, 3.63) is 129 Å². The Morgan fingerprint density at radius 2 is 0.674 bits per heavy atom. The molecule has 246 valence electrons. The third kappa shape index (κ3) is 12.3. The number of rotatable bonds is 21. The molecule has 0 amide bonds. The summed E-state index contributed by atoms with van der Waals surface area (Å²) in [5.74, 6) is 0. The highest BCUT2D eigenvalue weighted by Gasteiger charge is 2.06. The average molecular weight is 617 g/mol. The SMILES string of the molecule is CCCCCCc1cc(Cc2ccc(CCCCCCc3ccc(Cc4ccc(N)c(CCCCCC)c4)cc3)cc2)ccc1N. The van der Waals surface area contributed by atoms with E-state index in [1.54, 1.807) is 0 Å². The lowest BCUT2D eigenvalue weighted by atomic mass is 9.97. The lowest BCUT2D eigenvalue weighted by molar-refractivity contribution is 0.640. The van der Waals surface area contributed by atoms with Crippen LogP contribution in [0.15, 0.2) is 84.9 Å². The molecule has 4 rings (SSSR count). The molecule has 0 atom stereocenters. The van der Waals surface area contributed by atoms with Gasteiger partial charge < -0.3 is 11.5 Å². The molecule has 0 saturated heterocycles. The van der Waals surface area contributed by atoms with E-state index in [1.807, 2.05) is 0 Å². The Morgan fingerprint density at radius 1 is 0.348 bits per heavy atom. The largest absolute Gasteiger partial charge is 0.399 e. The summed E-state index contributed by atoms with van der Waals surface area (Å²) in [4.78, 5) is 0. The third-order valence-corrected chi connectivity index (χ3v) is 9.56. The molecule has 0 radical (unpaired) electrons. The van der Waals surface area contributed by atoms with Gasteiger partial charge in [0, 0.05) is 11.4 Å². The molecule has 0 unspecified atom stereocenters. The van der Waals surface area contributed by atoms with Gasteiger partial charge >= 0.3 is 0 Å². The molecule has 0 aliphatic carbocycles. The van der Waals surface area contributed by atoms with Gasteiger partial charge in [-0.2, -0.15) is 0 Å². The molecule has 2 heteroatoms. The highest BCUT2D eigenvalue weighted by atomic mass is 14.6. The summed E-state index contributed by atoms with van der Waals surface area (Å²) in [6.45, 7) is 4.52. The zero-order valence-corrected chi connectivity index (χ0v) is 29.0. The molecule has 4 aromatic rings. The Morgan fingerprint density at radius 3 is 1.07 bits per heavy atom. The normalized spacial score (nSPS) is 11.3. The van der Waals surface area contributed by atoms with E-state index in [0.717, 1.165) is 37.1 Å². The first kappa shape index (κ1) is 35.3. The standard InChI is InChI=1S/C44H60N2/c1-3-5-7-13-17-41-33-39(27-29-43(41)45)31-37-23-19-35(20-24-37)15-11-9-10-12-16-36-21-25-38(26-22-36)32-40-28-30-44(46)42(34-40)18-14-8-6-4-2/h19-30,33-34H,3-18,31-32,45-46H2,1-2H3. The molecule has 0 aliphatic rings. The molecule has 0 heterocycles. The van der Waals surface area contributed by atoms with Crippen LogP contribution in [-0.2, 0) is 38.5 Å². The summed E-state index contributed by atoms with van der Waals surface area (Å²) in [6, 6.07) is 31.8. The van der Waals surface area contributed by atoms with E-state index < -0.39 is 0 Å². The molecular weight excluding hydrogens is 556 g/mol. The fraction of sp³-hybridized carbons (Fsp3) is 0.455. The quantitative estimate of drug-likeness (QED) is 0.0723. The Balaban J connectivity index is 1.12. The minimum absolute atomic E-state index is 0.945. The maximum atomic E-state index is 6.27. The lowest BCUT2D eigenvalue weighted by Gasteiger charge is -2.10. The van der Waals surface area contributed by atoms with E-state index in [0.29, 0.717) is 0 Å². The Labute approximate surface area is 281 Å². The molecule has 4 aromatic carbocycles. The van der Waals surface area contributed by atoms with Crippen molar-refractivity contribution in [1.82, 2.24) is 0 Å². The highest BCUT2D eigenvalue weighted by molar-refractivity contribution is 5.50. The molecule has 0 saturated carbocycles. The molecule has 2 nitrogen and oxygen atoms in total. The van der Waals surface area contributed by atoms with Gasteiger partial charge in [0.15, 0.2) is 0 Å². The van der Waals surface area contributed by atoms with Gasteiger partial charge in [-0.15, -0.1) is 0 Å². The number of anilines is 2. The fourth-order valence-electron chi connectivity index (χ4n) is 6.59. The van der Waals surface area contributed by atoms with E-state index in [-0.39, 0.29) is 0 Å². The summed E-state index contributed by atoms with van der Waals surface area (Å²) in [5.41, 5.74) is 25.5. The summed E-state index contributed by atoms with van der Waals surface area (Å²) < 4.78 is 0. The Bertz CT molecular complexity index is 1310. The predicted octanol–water partition coefficient (Wildman–Crippen LogP) is 11.6. The van der Waals surface area contributed by atoms with Gasteiger partial charge in [-0.25, -0.2) is 0 Å². The van der Waals surface area contributed by atoms with Crippen LogP contribution in [0.2, 0.25) is 0 Å². The van der Waals surface area contributed by atoms with Gasteiger partial charge in [-0.05, 0) is 121 Å². The number of hydrogen-bond donors (Lipinski definition) is 2. The minimum Gasteiger partial charge on any atom is -0.399 e. The smallest absolute Gasteiger partial charge is 0.0346 e. The van der Waals surface area contributed by atoms with Crippen LogP contribution in [0.1, 0.15) is 135 Å². The topological polar surface area (TPSA) is 52.0 Å². The van der Waals surface area contributed by atoms with Crippen molar-refractivity contribution < 1.29 is 0 Å². The zero-order chi connectivity index (χ0) is 32.4. The minimum atomic E-state index is 0.945. The van der Waals surface area contributed by atoms with Crippen LogP contribution in [0.25, 0.3) is 0 Å². The summed E-state index contributed by atoms with van der Waals surface area (Å²) in [5, 5.41) is 0. The van der Waals surface area contributed by atoms with Crippen molar-refractivity contribution in [2.75, 3.05) is 11.5 Å². The van der Waals surface area contributed by atoms with E-state index in [4.69, 9.17) is 11.5 Å². The molecule has 0 bridgehead atoms. The first-order chi connectivity index (χ1) is 22.5. The van der Waals surface area contributed by atoms with Crippen LogP contribution in [0.4, 0.5) is 11.4 Å². The molecule has 0 spiro atoms. The van der Waals surface area contributed by atoms with Crippen LogP contribution in [0.3, 0.4) is 0 Å². The van der Waals surface area contributed by atoms with Gasteiger partial charge in [0.25, 0.3) is 0 Å². The Kier molecular flexibility index (Phi) is 15.3. The number of nitrogens with two attached hydrogens (primary N) is 2. The summed E-state index contributed by atoms with van der Waals surface area (Å²) >= 11 is 0. The van der Waals surface area contributed by atoms with Crippen molar-refractivity contribution in [2.45, 2.75) is 129 Å². The van der Waals surface area contributed by atoms with E-state index in [2.05, 4.69) is 98.8 Å². The van der Waals surface area contributed by atoms with Gasteiger partial charge in [0.1, 0.15) is 0 Å². The van der Waals surface area contributed by atoms with Gasteiger partial charge in [0.05, 0.1) is 0 Å². The van der Waals surface area contributed by atoms with Crippen molar-refractivity contribution in [3.63, 3.8) is 0 Å². The number of hydrogen-bond acceptors (Lipinski definition) is 2. The second-order valence-electron chi connectivity index (χ2n) is 13.6. The average Bonchev–Trinajstić information content (AvgIpc) is 3.07. The molecular formula is C44H60N2. The number of benzene rings is 4. The van der Waals surface area contributed by atoms with Gasteiger partial charge in [-0.1, -0.05) is 138 Å². The number of unbranched alkanes of at least 4 members (excludes halogenated alkanes) is 9. The number of nitrogen functional groups attached to an aromatic ring is 2. The van der Waals surface area contributed by atoms with Crippen LogP contribution >= 0.6 is 0 Å². The van der Waals surface area contributed by atoms with Crippen LogP contribution in [0, 0.1) is 0 Å².